The van der Waals surface area contributed by atoms with Crippen molar-refractivity contribution in [1.82, 2.24) is 15.1 Å². The molecule has 1 amide bonds. The number of carbonyl (C=O) groups is 1. The van der Waals surface area contributed by atoms with Gasteiger partial charge in [-0.25, -0.2) is 4.68 Å². The molecule has 0 radical (unpaired) electrons. The number of hydrogen-bond donors (Lipinski definition) is 2. The smallest absolute Gasteiger partial charge is 0.272 e. The number of carbonyl (C=O) groups excluding carboxylic acids is 1. The van der Waals surface area contributed by atoms with Crippen molar-refractivity contribution in [1.29, 1.82) is 0 Å². The highest BCUT2D eigenvalue weighted by Gasteiger charge is 2.32. The van der Waals surface area contributed by atoms with Gasteiger partial charge in [-0.2, -0.15) is 5.10 Å². The standard InChI is InChI=1S/C19H19ClN4O2/c20-13-3-1-4-14(9-13)24-17(18-5-2-8-26-18)10-15(23-24)19(25)22-16(11-21)12-6-7-12/h1-5,8-10,12,16H,6-7,11,21H2,(H,22,25). The number of rotatable bonds is 6. The van der Waals surface area contributed by atoms with Gasteiger partial charge in [-0.1, -0.05) is 17.7 Å². The lowest BCUT2D eigenvalue weighted by atomic mass is 10.2. The average Bonchev–Trinajstić information content (AvgIpc) is 3.16. The second kappa shape index (κ2) is 6.97. The van der Waals surface area contributed by atoms with Crippen LogP contribution in [0.4, 0.5) is 0 Å². The van der Waals surface area contributed by atoms with E-state index in [1.807, 2.05) is 18.2 Å². The molecule has 1 aliphatic rings. The Morgan fingerprint density at radius 2 is 2.19 bits per heavy atom. The van der Waals surface area contributed by atoms with Crippen molar-refractivity contribution in [2.45, 2.75) is 18.9 Å². The number of furan rings is 1. The third kappa shape index (κ3) is 3.38. The molecule has 3 N–H and O–H groups in total. The van der Waals surface area contributed by atoms with E-state index in [4.69, 9.17) is 21.8 Å². The van der Waals surface area contributed by atoms with Gasteiger partial charge in [0.15, 0.2) is 11.5 Å². The molecule has 7 heteroatoms. The first-order valence-corrected chi connectivity index (χ1v) is 8.94. The van der Waals surface area contributed by atoms with Gasteiger partial charge in [0, 0.05) is 23.7 Å². The van der Waals surface area contributed by atoms with E-state index in [0.29, 0.717) is 34.6 Å². The minimum Gasteiger partial charge on any atom is -0.463 e. The molecule has 6 nitrogen and oxygen atoms in total. The van der Waals surface area contributed by atoms with Gasteiger partial charge in [-0.05, 0) is 49.1 Å². The first kappa shape index (κ1) is 16.9. The van der Waals surface area contributed by atoms with Gasteiger partial charge in [-0.3, -0.25) is 4.79 Å². The van der Waals surface area contributed by atoms with Crippen molar-refractivity contribution < 1.29 is 9.21 Å². The molecule has 0 bridgehead atoms. The van der Waals surface area contributed by atoms with Crippen LogP contribution in [-0.4, -0.2) is 28.3 Å². The molecule has 2 heterocycles. The molecule has 1 unspecified atom stereocenters. The Balaban J connectivity index is 1.70. The Morgan fingerprint density at radius 1 is 1.35 bits per heavy atom. The van der Waals surface area contributed by atoms with Crippen molar-refractivity contribution in [3.05, 3.63) is 59.4 Å². The van der Waals surface area contributed by atoms with Crippen molar-refractivity contribution in [2.24, 2.45) is 11.7 Å². The van der Waals surface area contributed by atoms with Crippen LogP contribution in [0.5, 0.6) is 0 Å². The predicted octanol–water partition coefficient (Wildman–Crippen LogP) is 3.25. The zero-order chi connectivity index (χ0) is 18.1. The largest absolute Gasteiger partial charge is 0.463 e. The zero-order valence-corrected chi connectivity index (χ0v) is 14.8. The summed E-state index contributed by atoms with van der Waals surface area (Å²) in [5.41, 5.74) is 7.53. The Morgan fingerprint density at radius 3 is 2.85 bits per heavy atom. The number of benzene rings is 1. The Bertz CT molecular complexity index is 916. The molecule has 3 aromatic rings. The monoisotopic (exact) mass is 370 g/mol. The van der Waals surface area contributed by atoms with E-state index in [1.165, 1.54) is 0 Å². The molecule has 0 spiro atoms. The van der Waals surface area contributed by atoms with E-state index in [0.717, 1.165) is 18.5 Å². The van der Waals surface area contributed by atoms with Crippen molar-refractivity contribution in [3.63, 3.8) is 0 Å². The number of hydrogen-bond acceptors (Lipinski definition) is 4. The molecule has 1 atom stereocenters. The van der Waals surface area contributed by atoms with Gasteiger partial charge >= 0.3 is 0 Å². The molecule has 4 rings (SSSR count). The Labute approximate surface area is 155 Å². The van der Waals surface area contributed by atoms with Crippen LogP contribution in [0, 0.1) is 5.92 Å². The summed E-state index contributed by atoms with van der Waals surface area (Å²) >= 11 is 6.11. The molecule has 0 aliphatic heterocycles. The van der Waals surface area contributed by atoms with Crippen molar-refractivity contribution in [2.75, 3.05) is 6.54 Å². The molecule has 2 aromatic heterocycles. The molecule has 0 saturated heterocycles. The van der Waals surface area contributed by atoms with Gasteiger partial charge in [0.1, 0.15) is 5.69 Å². The number of nitrogens with two attached hydrogens (primary N) is 1. The minimum atomic E-state index is -0.235. The third-order valence-corrected chi connectivity index (χ3v) is 4.76. The average molecular weight is 371 g/mol. The van der Waals surface area contributed by atoms with Gasteiger partial charge in [-0.15, -0.1) is 0 Å². The lowest BCUT2D eigenvalue weighted by Crippen LogP contribution is -2.41. The van der Waals surface area contributed by atoms with Crippen LogP contribution in [0.3, 0.4) is 0 Å². The fourth-order valence-electron chi connectivity index (χ4n) is 3.01. The predicted molar refractivity (Wildman–Crippen MR) is 99.3 cm³/mol. The van der Waals surface area contributed by atoms with Crippen LogP contribution < -0.4 is 11.1 Å². The van der Waals surface area contributed by atoms with E-state index >= 15 is 0 Å². The Kier molecular flexibility index (Phi) is 4.53. The summed E-state index contributed by atoms with van der Waals surface area (Å²) in [5.74, 6) is 0.860. The third-order valence-electron chi connectivity index (χ3n) is 4.53. The highest BCUT2D eigenvalue weighted by Crippen LogP contribution is 2.32. The molecule has 1 aliphatic carbocycles. The second-order valence-corrected chi connectivity index (χ2v) is 6.87. The van der Waals surface area contributed by atoms with E-state index in [-0.39, 0.29) is 11.9 Å². The Hall–Kier alpha value is -2.57. The molecular weight excluding hydrogens is 352 g/mol. The summed E-state index contributed by atoms with van der Waals surface area (Å²) in [4.78, 5) is 12.7. The normalized spacial score (nSPS) is 15.0. The molecule has 134 valence electrons. The summed E-state index contributed by atoms with van der Waals surface area (Å²) < 4.78 is 7.17. The lowest BCUT2D eigenvalue weighted by molar-refractivity contribution is 0.0928. The van der Waals surface area contributed by atoms with Crippen molar-refractivity contribution in [3.8, 4) is 17.1 Å². The van der Waals surface area contributed by atoms with Crippen LogP contribution >= 0.6 is 11.6 Å². The highest BCUT2D eigenvalue weighted by atomic mass is 35.5. The van der Waals surface area contributed by atoms with Gasteiger partial charge in [0.2, 0.25) is 0 Å². The fraction of sp³-hybridized carbons (Fsp3) is 0.263. The summed E-state index contributed by atoms with van der Waals surface area (Å²) in [5, 5.41) is 8.08. The molecular formula is C19H19ClN4O2. The van der Waals surface area contributed by atoms with Crippen LogP contribution in [-0.2, 0) is 0 Å². The highest BCUT2D eigenvalue weighted by molar-refractivity contribution is 6.30. The summed E-state index contributed by atoms with van der Waals surface area (Å²) in [7, 11) is 0. The van der Waals surface area contributed by atoms with E-state index < -0.39 is 0 Å². The minimum absolute atomic E-state index is 0.00844. The quantitative estimate of drug-likeness (QED) is 0.697. The number of aromatic nitrogens is 2. The first-order valence-electron chi connectivity index (χ1n) is 8.56. The number of nitrogens with zero attached hydrogens (tertiary/aromatic N) is 2. The number of nitrogens with one attached hydrogen (secondary N) is 1. The van der Waals surface area contributed by atoms with Crippen LogP contribution in [0.1, 0.15) is 23.3 Å². The zero-order valence-electron chi connectivity index (χ0n) is 14.1. The summed E-state index contributed by atoms with van der Waals surface area (Å²) in [6.45, 7) is 0.427. The maximum absolute atomic E-state index is 12.7. The number of halogens is 1. The maximum Gasteiger partial charge on any atom is 0.272 e. The second-order valence-electron chi connectivity index (χ2n) is 6.44. The van der Waals surface area contributed by atoms with Gasteiger partial charge in [0.05, 0.1) is 12.0 Å². The van der Waals surface area contributed by atoms with Gasteiger partial charge in [0.25, 0.3) is 5.91 Å². The van der Waals surface area contributed by atoms with E-state index in [1.54, 1.807) is 35.2 Å². The van der Waals surface area contributed by atoms with Crippen LogP contribution in [0.2, 0.25) is 5.02 Å². The molecule has 1 fully saturated rings. The molecule has 1 aromatic carbocycles. The fourth-order valence-corrected chi connectivity index (χ4v) is 3.19. The van der Waals surface area contributed by atoms with Crippen molar-refractivity contribution >= 4 is 17.5 Å². The SMILES string of the molecule is NCC(NC(=O)c1cc(-c2ccco2)n(-c2cccc(Cl)c2)n1)C1CC1. The van der Waals surface area contributed by atoms with Crippen LogP contribution in [0.25, 0.3) is 17.1 Å². The summed E-state index contributed by atoms with van der Waals surface area (Å²) in [6.07, 6.45) is 3.80. The topological polar surface area (TPSA) is 86.1 Å². The molecule has 1 saturated carbocycles. The van der Waals surface area contributed by atoms with E-state index in [9.17, 15) is 4.79 Å². The number of amides is 1. The maximum atomic E-state index is 12.7. The van der Waals surface area contributed by atoms with Crippen LogP contribution in [0.15, 0.2) is 53.1 Å². The first-order chi connectivity index (χ1) is 12.7. The lowest BCUT2D eigenvalue weighted by Gasteiger charge is -2.14. The van der Waals surface area contributed by atoms with E-state index in [2.05, 4.69) is 10.4 Å². The summed E-state index contributed by atoms with van der Waals surface area (Å²) in [6, 6.07) is 12.6. The van der Waals surface area contributed by atoms with Gasteiger partial charge < -0.3 is 15.5 Å². The molecule has 26 heavy (non-hydrogen) atoms.